The molecule has 4 aromatic carbocycles. The van der Waals surface area contributed by atoms with Crippen LogP contribution >= 0.6 is 15.9 Å². The Labute approximate surface area is 214 Å². The Kier molecular flexibility index (Phi) is 7.45. The second-order valence-corrected chi connectivity index (χ2v) is 9.81. The van der Waals surface area contributed by atoms with Gasteiger partial charge in [-0.15, -0.1) is 0 Å². The molecule has 35 heavy (non-hydrogen) atoms. The van der Waals surface area contributed by atoms with Crippen molar-refractivity contribution >= 4 is 15.9 Å². The van der Waals surface area contributed by atoms with Gasteiger partial charge >= 0.3 is 0 Å². The van der Waals surface area contributed by atoms with Crippen molar-refractivity contribution in [1.82, 2.24) is 4.90 Å². The topological polar surface area (TPSA) is 21.7 Å². The van der Waals surface area contributed by atoms with Crippen molar-refractivity contribution in [3.05, 3.63) is 124 Å². The third-order valence-corrected chi connectivity index (χ3v) is 6.55. The van der Waals surface area contributed by atoms with E-state index in [1.807, 2.05) is 54.6 Å². The Balaban J connectivity index is 1.16. The Hall–Kier alpha value is -3.15. The third kappa shape index (κ3) is 6.93. The number of hydrogen-bond acceptors (Lipinski definition) is 3. The van der Waals surface area contributed by atoms with Gasteiger partial charge in [0.1, 0.15) is 29.7 Å². The van der Waals surface area contributed by atoms with E-state index in [9.17, 15) is 4.39 Å². The first-order valence-electron chi connectivity index (χ1n) is 11.8. The number of halogens is 2. The van der Waals surface area contributed by atoms with Crippen LogP contribution < -0.4 is 9.47 Å². The van der Waals surface area contributed by atoms with Crippen LogP contribution in [0.2, 0.25) is 0 Å². The molecule has 0 N–H and O–H groups in total. The van der Waals surface area contributed by atoms with E-state index in [4.69, 9.17) is 9.47 Å². The van der Waals surface area contributed by atoms with E-state index in [1.54, 1.807) is 6.07 Å². The summed E-state index contributed by atoms with van der Waals surface area (Å²) in [6.07, 6.45) is 2.50. The number of hydrogen-bond donors (Lipinski definition) is 0. The van der Waals surface area contributed by atoms with Crippen LogP contribution in [0.3, 0.4) is 0 Å². The van der Waals surface area contributed by atoms with Gasteiger partial charge in [0.15, 0.2) is 0 Å². The zero-order valence-corrected chi connectivity index (χ0v) is 21.0. The van der Waals surface area contributed by atoms with Crippen LogP contribution in [-0.2, 0) is 19.7 Å². The van der Waals surface area contributed by atoms with Gasteiger partial charge in [0.25, 0.3) is 0 Å². The van der Waals surface area contributed by atoms with E-state index in [2.05, 4.69) is 45.1 Å². The van der Waals surface area contributed by atoms with Crippen molar-refractivity contribution in [3.8, 4) is 17.2 Å². The average molecular weight is 532 g/mol. The molecule has 0 atom stereocenters. The molecule has 0 spiro atoms. The monoisotopic (exact) mass is 531 g/mol. The standard InChI is InChI=1S/C30H27BrFNO2/c31-25-8-16-30(17-9-25)35-29-14-6-23(7-15-29)20-33(27-10-11-27)19-22-4-12-28(13-5-22)34-21-24-2-1-3-26(32)18-24/h1-9,12-18,27H,10-11,19-21H2. The first kappa shape index (κ1) is 23.6. The fraction of sp³-hybridized carbons (Fsp3) is 0.200. The summed E-state index contributed by atoms with van der Waals surface area (Å²) in [5, 5.41) is 0. The molecule has 4 aromatic rings. The van der Waals surface area contributed by atoms with Gasteiger partial charge in [0.2, 0.25) is 0 Å². The maximum absolute atomic E-state index is 13.3. The zero-order chi connectivity index (χ0) is 24.0. The van der Waals surface area contributed by atoms with E-state index in [0.29, 0.717) is 12.6 Å². The molecule has 3 nitrogen and oxygen atoms in total. The number of rotatable bonds is 10. The minimum Gasteiger partial charge on any atom is -0.489 e. The molecule has 0 unspecified atom stereocenters. The smallest absolute Gasteiger partial charge is 0.127 e. The summed E-state index contributed by atoms with van der Waals surface area (Å²) in [5.74, 6) is 2.21. The molecular weight excluding hydrogens is 505 g/mol. The van der Waals surface area contributed by atoms with Crippen LogP contribution in [0.5, 0.6) is 17.2 Å². The van der Waals surface area contributed by atoms with Crippen molar-refractivity contribution in [2.24, 2.45) is 0 Å². The first-order chi connectivity index (χ1) is 17.1. The van der Waals surface area contributed by atoms with Gasteiger partial charge in [-0.05, 0) is 90.2 Å². The largest absolute Gasteiger partial charge is 0.489 e. The molecule has 0 aliphatic heterocycles. The van der Waals surface area contributed by atoms with Crippen molar-refractivity contribution in [3.63, 3.8) is 0 Å². The zero-order valence-electron chi connectivity index (χ0n) is 19.4. The lowest BCUT2D eigenvalue weighted by atomic mass is 10.1. The fourth-order valence-corrected chi connectivity index (χ4v) is 4.27. The molecule has 0 radical (unpaired) electrons. The predicted octanol–water partition coefficient (Wildman–Crippen LogP) is 8.12. The molecule has 1 aliphatic rings. The van der Waals surface area contributed by atoms with Gasteiger partial charge in [-0.1, -0.05) is 52.3 Å². The number of nitrogens with zero attached hydrogens (tertiary/aromatic N) is 1. The summed E-state index contributed by atoms with van der Waals surface area (Å²) in [4.78, 5) is 2.53. The lowest BCUT2D eigenvalue weighted by Gasteiger charge is -2.22. The normalized spacial score (nSPS) is 13.1. The molecule has 0 amide bonds. The second kappa shape index (κ2) is 11.1. The maximum atomic E-state index is 13.3. The van der Waals surface area contributed by atoms with E-state index in [1.165, 1.54) is 36.1 Å². The quantitative estimate of drug-likeness (QED) is 0.206. The van der Waals surface area contributed by atoms with E-state index < -0.39 is 0 Å². The summed E-state index contributed by atoms with van der Waals surface area (Å²) in [6.45, 7) is 2.15. The molecular formula is C30H27BrFNO2. The molecule has 1 aliphatic carbocycles. The molecule has 0 bridgehead atoms. The highest BCUT2D eigenvalue weighted by Gasteiger charge is 2.28. The van der Waals surface area contributed by atoms with Crippen LogP contribution in [0.25, 0.3) is 0 Å². The summed E-state index contributed by atoms with van der Waals surface area (Å²) >= 11 is 3.45. The average Bonchev–Trinajstić information content (AvgIpc) is 3.72. The van der Waals surface area contributed by atoms with E-state index >= 15 is 0 Å². The summed E-state index contributed by atoms with van der Waals surface area (Å²) in [7, 11) is 0. The molecule has 0 heterocycles. The summed E-state index contributed by atoms with van der Waals surface area (Å²) in [6, 6.07) is 31.6. The lowest BCUT2D eigenvalue weighted by molar-refractivity contribution is 0.245. The molecule has 1 fully saturated rings. The Bertz CT molecular complexity index is 1240. The van der Waals surface area contributed by atoms with Crippen LogP contribution in [0.15, 0.2) is 102 Å². The highest BCUT2D eigenvalue weighted by Crippen LogP contribution is 2.31. The molecule has 5 heteroatoms. The van der Waals surface area contributed by atoms with Crippen molar-refractivity contribution < 1.29 is 13.9 Å². The van der Waals surface area contributed by atoms with E-state index in [-0.39, 0.29) is 5.82 Å². The number of benzene rings is 4. The molecule has 5 rings (SSSR count). The van der Waals surface area contributed by atoms with Gasteiger partial charge in [-0.3, -0.25) is 4.90 Å². The number of ether oxygens (including phenoxy) is 2. The van der Waals surface area contributed by atoms with Crippen molar-refractivity contribution in [2.75, 3.05) is 0 Å². The third-order valence-electron chi connectivity index (χ3n) is 6.03. The molecule has 0 saturated heterocycles. The van der Waals surface area contributed by atoms with Gasteiger partial charge < -0.3 is 9.47 Å². The predicted molar refractivity (Wildman–Crippen MR) is 140 cm³/mol. The highest BCUT2D eigenvalue weighted by molar-refractivity contribution is 9.10. The molecule has 1 saturated carbocycles. The minimum atomic E-state index is -0.242. The van der Waals surface area contributed by atoms with Crippen LogP contribution in [-0.4, -0.2) is 10.9 Å². The highest BCUT2D eigenvalue weighted by atomic mass is 79.9. The minimum absolute atomic E-state index is 0.242. The van der Waals surface area contributed by atoms with Crippen molar-refractivity contribution in [2.45, 2.75) is 38.6 Å². The first-order valence-corrected chi connectivity index (χ1v) is 12.6. The van der Waals surface area contributed by atoms with Crippen LogP contribution in [0, 0.1) is 5.82 Å². The SMILES string of the molecule is Fc1cccc(COc2ccc(CN(Cc3ccc(Oc4ccc(Br)cc4)cc3)C3CC3)cc2)c1. The maximum Gasteiger partial charge on any atom is 0.127 e. The van der Waals surface area contributed by atoms with E-state index in [0.717, 1.165) is 40.4 Å². The van der Waals surface area contributed by atoms with Crippen LogP contribution in [0.1, 0.15) is 29.5 Å². The van der Waals surface area contributed by atoms with Gasteiger partial charge in [0.05, 0.1) is 0 Å². The summed E-state index contributed by atoms with van der Waals surface area (Å²) in [5.41, 5.74) is 3.35. The van der Waals surface area contributed by atoms with Gasteiger partial charge in [-0.2, -0.15) is 0 Å². The molecule has 0 aromatic heterocycles. The van der Waals surface area contributed by atoms with Gasteiger partial charge in [0, 0.05) is 23.6 Å². The second-order valence-electron chi connectivity index (χ2n) is 8.90. The Morgan fingerprint density at radius 2 is 1.29 bits per heavy atom. The van der Waals surface area contributed by atoms with Crippen LogP contribution in [0.4, 0.5) is 4.39 Å². The van der Waals surface area contributed by atoms with Crippen molar-refractivity contribution in [1.29, 1.82) is 0 Å². The summed E-state index contributed by atoms with van der Waals surface area (Å²) < 4.78 is 26.2. The van der Waals surface area contributed by atoms with Gasteiger partial charge in [-0.25, -0.2) is 4.39 Å². The lowest BCUT2D eigenvalue weighted by Crippen LogP contribution is -2.25. The Morgan fingerprint density at radius 1 is 0.714 bits per heavy atom. The fourth-order valence-electron chi connectivity index (χ4n) is 4.01. The Morgan fingerprint density at radius 3 is 1.86 bits per heavy atom. The molecule has 178 valence electrons.